The molecule has 2 N–H and O–H groups in total. The zero-order valence-electron chi connectivity index (χ0n) is 21.2. The highest BCUT2D eigenvalue weighted by Crippen LogP contribution is 2.68. The topological polar surface area (TPSA) is 101 Å². The minimum atomic E-state index is -5.62. The van der Waals surface area contributed by atoms with E-state index in [0.29, 0.717) is 41.4 Å². The molecule has 0 aromatic carbocycles. The predicted molar refractivity (Wildman–Crippen MR) is 127 cm³/mol. The molecule has 4 fully saturated rings. The van der Waals surface area contributed by atoms with Gasteiger partial charge in [0.15, 0.2) is 6.61 Å². The number of aliphatic hydroxyl groups is 1. The van der Waals surface area contributed by atoms with Crippen molar-refractivity contribution in [3.05, 3.63) is 0 Å². The minimum Gasteiger partial charge on any atom is -0.458 e. The van der Waals surface area contributed by atoms with E-state index in [0.717, 1.165) is 32.1 Å². The van der Waals surface area contributed by atoms with Gasteiger partial charge in [-0.2, -0.15) is 17.2 Å². The van der Waals surface area contributed by atoms with Crippen LogP contribution in [0.2, 0.25) is 0 Å². The van der Waals surface area contributed by atoms with Crippen molar-refractivity contribution >= 4 is 16.1 Å². The van der Waals surface area contributed by atoms with Gasteiger partial charge in [-0.3, -0.25) is 9.35 Å². The van der Waals surface area contributed by atoms with Crippen molar-refractivity contribution in [2.24, 2.45) is 46.3 Å². The van der Waals surface area contributed by atoms with Crippen LogP contribution in [-0.2, 0) is 19.6 Å². The number of halogens is 2. The summed E-state index contributed by atoms with van der Waals surface area (Å²) < 4.78 is 61.1. The Kier molecular flexibility index (Phi) is 7.39. The molecule has 202 valence electrons. The van der Waals surface area contributed by atoms with Crippen LogP contribution in [0.3, 0.4) is 0 Å². The third-order valence-corrected chi connectivity index (χ3v) is 11.8. The third-order valence-electron chi connectivity index (χ3n) is 10.9. The molecular weight excluding hydrogens is 478 g/mol. The minimum absolute atomic E-state index is 0.0750. The summed E-state index contributed by atoms with van der Waals surface area (Å²) in [5.41, 5.74) is 0.419. The van der Waals surface area contributed by atoms with Crippen LogP contribution < -0.4 is 0 Å². The molecule has 35 heavy (non-hydrogen) atoms. The third kappa shape index (κ3) is 4.78. The van der Waals surface area contributed by atoms with E-state index in [1.165, 1.54) is 25.7 Å². The maximum absolute atomic E-state index is 13.3. The van der Waals surface area contributed by atoms with Crippen LogP contribution in [0, 0.1) is 46.3 Å². The van der Waals surface area contributed by atoms with E-state index in [-0.39, 0.29) is 23.9 Å². The number of hydrogen-bond acceptors (Lipinski definition) is 5. The van der Waals surface area contributed by atoms with Gasteiger partial charge in [-0.05, 0) is 97.7 Å². The summed E-state index contributed by atoms with van der Waals surface area (Å²) in [6.45, 7) is 5.26. The van der Waals surface area contributed by atoms with Crippen LogP contribution in [0.25, 0.3) is 0 Å². The average molecular weight is 521 g/mol. The summed E-state index contributed by atoms with van der Waals surface area (Å²) >= 11 is 0. The molecule has 4 saturated carbocycles. The van der Waals surface area contributed by atoms with E-state index in [4.69, 9.17) is 4.55 Å². The van der Waals surface area contributed by atoms with E-state index >= 15 is 0 Å². The van der Waals surface area contributed by atoms with Crippen molar-refractivity contribution in [1.82, 2.24) is 0 Å². The molecule has 0 saturated heterocycles. The number of carbonyl (C=O) groups excluding carboxylic acids is 1. The first-order valence-corrected chi connectivity index (χ1v) is 14.8. The summed E-state index contributed by atoms with van der Waals surface area (Å²) in [6.07, 6.45) is 10.5. The Morgan fingerprint density at radius 3 is 2.46 bits per heavy atom. The van der Waals surface area contributed by atoms with Gasteiger partial charge in [0.2, 0.25) is 0 Å². The van der Waals surface area contributed by atoms with E-state index in [1.54, 1.807) is 0 Å². The Morgan fingerprint density at radius 2 is 1.77 bits per heavy atom. The molecule has 0 aromatic rings. The molecule has 0 spiro atoms. The molecule has 0 aliphatic heterocycles. The molecule has 4 rings (SSSR count). The van der Waals surface area contributed by atoms with Crippen molar-refractivity contribution in [1.29, 1.82) is 0 Å². The van der Waals surface area contributed by atoms with E-state index in [9.17, 15) is 27.1 Å². The quantitative estimate of drug-likeness (QED) is 0.342. The molecule has 0 heterocycles. The van der Waals surface area contributed by atoms with Gasteiger partial charge in [-0.15, -0.1) is 0 Å². The zero-order valence-corrected chi connectivity index (χ0v) is 22.0. The largest absolute Gasteiger partial charge is 0.458 e. The summed E-state index contributed by atoms with van der Waals surface area (Å²) in [4.78, 5) is 12.0. The van der Waals surface area contributed by atoms with Crippen LogP contribution in [0.1, 0.15) is 91.4 Å². The van der Waals surface area contributed by atoms with Crippen molar-refractivity contribution in [3.63, 3.8) is 0 Å². The SMILES string of the molecule is C[C@H](CCC(=O)OCC(F)(F)S(=O)(=O)O)[C@H]1CC[C@H]2[C@@H]3[C@H](O)C[C@@H]4CCCC[C@]4(C)[C@H]3CC[C@]12C. The smallest absolute Gasteiger partial charge is 0.402 e. The van der Waals surface area contributed by atoms with Gasteiger partial charge in [0.05, 0.1) is 6.10 Å². The second kappa shape index (κ2) is 9.50. The summed E-state index contributed by atoms with van der Waals surface area (Å²) in [6, 6.07) is 0. The summed E-state index contributed by atoms with van der Waals surface area (Å²) in [5.74, 6) is 1.67. The number of esters is 1. The van der Waals surface area contributed by atoms with Gasteiger partial charge in [-0.25, -0.2) is 0 Å². The Labute approximate surface area is 208 Å². The monoisotopic (exact) mass is 520 g/mol. The van der Waals surface area contributed by atoms with Crippen LogP contribution in [0.15, 0.2) is 0 Å². The maximum atomic E-state index is 13.3. The number of carbonyl (C=O) groups is 1. The van der Waals surface area contributed by atoms with Crippen LogP contribution >= 0.6 is 0 Å². The molecule has 4 aliphatic carbocycles. The van der Waals surface area contributed by atoms with Crippen molar-refractivity contribution < 1.29 is 36.4 Å². The van der Waals surface area contributed by atoms with Gasteiger partial charge in [0.25, 0.3) is 0 Å². The van der Waals surface area contributed by atoms with Crippen molar-refractivity contribution in [2.45, 2.75) is 103 Å². The number of rotatable bonds is 7. The molecule has 0 aromatic heterocycles. The van der Waals surface area contributed by atoms with Gasteiger partial charge in [-0.1, -0.05) is 33.6 Å². The molecule has 9 heteroatoms. The van der Waals surface area contributed by atoms with Gasteiger partial charge in [0.1, 0.15) is 0 Å². The molecule has 0 unspecified atom stereocenters. The Morgan fingerprint density at radius 1 is 1.09 bits per heavy atom. The lowest BCUT2D eigenvalue weighted by molar-refractivity contribution is -0.164. The molecule has 0 radical (unpaired) electrons. The lowest BCUT2D eigenvalue weighted by Crippen LogP contribution is -2.57. The number of alkyl halides is 2. The molecule has 9 atom stereocenters. The van der Waals surface area contributed by atoms with E-state index in [1.807, 2.05) is 0 Å². The molecule has 4 aliphatic rings. The fraction of sp³-hybridized carbons (Fsp3) is 0.962. The maximum Gasteiger partial charge on any atom is 0.402 e. The summed E-state index contributed by atoms with van der Waals surface area (Å²) in [5, 5.41) is 6.81. The Hall–Kier alpha value is -0.800. The predicted octanol–water partition coefficient (Wildman–Crippen LogP) is 5.45. The van der Waals surface area contributed by atoms with Crippen molar-refractivity contribution in [2.75, 3.05) is 6.61 Å². The highest BCUT2D eigenvalue weighted by Gasteiger charge is 2.62. The van der Waals surface area contributed by atoms with Crippen LogP contribution in [0.4, 0.5) is 8.78 Å². The van der Waals surface area contributed by atoms with Crippen LogP contribution in [-0.4, -0.2) is 42.0 Å². The average Bonchev–Trinajstić information content (AvgIpc) is 3.13. The van der Waals surface area contributed by atoms with Gasteiger partial charge >= 0.3 is 21.3 Å². The summed E-state index contributed by atoms with van der Waals surface area (Å²) in [7, 11) is -5.62. The number of ether oxygens (including phenoxy) is 1. The Bertz CT molecular complexity index is 910. The fourth-order valence-electron chi connectivity index (χ4n) is 9.09. The highest BCUT2D eigenvalue weighted by atomic mass is 32.2. The van der Waals surface area contributed by atoms with Gasteiger partial charge < -0.3 is 9.84 Å². The number of fused-ring (bicyclic) bond motifs is 5. The first kappa shape index (κ1) is 27.2. The second-order valence-corrected chi connectivity index (χ2v) is 14.1. The molecule has 0 bridgehead atoms. The van der Waals surface area contributed by atoms with E-state index in [2.05, 4.69) is 25.5 Å². The number of hydrogen-bond donors (Lipinski definition) is 2. The van der Waals surface area contributed by atoms with E-state index < -0.39 is 27.9 Å². The molecule has 0 amide bonds. The Balaban J connectivity index is 1.38. The van der Waals surface area contributed by atoms with Gasteiger partial charge in [0, 0.05) is 6.42 Å². The fourth-order valence-corrected chi connectivity index (χ4v) is 9.30. The van der Waals surface area contributed by atoms with Crippen molar-refractivity contribution in [3.8, 4) is 0 Å². The highest BCUT2D eigenvalue weighted by molar-refractivity contribution is 7.86. The normalized spacial score (nSPS) is 42.5. The lowest BCUT2D eigenvalue weighted by atomic mass is 9.44. The first-order valence-electron chi connectivity index (χ1n) is 13.4. The first-order chi connectivity index (χ1) is 16.2. The second-order valence-electron chi connectivity index (χ2n) is 12.6. The zero-order chi connectivity index (χ0) is 25.8. The molecule has 6 nitrogen and oxygen atoms in total. The molecular formula is C26H42F2O6S. The lowest BCUT2D eigenvalue weighted by Gasteiger charge is -2.62. The van der Waals surface area contributed by atoms with Crippen LogP contribution in [0.5, 0.6) is 0 Å². The standard InChI is InChI=1S/C26H42F2O6S/c1-16(7-10-22(30)34-15-26(27,28)35(31,32)33)18-8-9-19-23-20(11-13-25(18,19)3)24(2)12-5-4-6-17(24)14-21(23)29/h16-21,23,29H,4-15H2,1-3H3,(H,31,32,33)/t16-,17+,18-,19+,20+,21-,23+,24+,25-/m1/s1. The number of aliphatic hydroxyl groups excluding tert-OH is 1.